The van der Waals surface area contributed by atoms with Crippen LogP contribution in [0.3, 0.4) is 0 Å². The fraction of sp³-hybridized carbons (Fsp3) is 0.400. The topological polar surface area (TPSA) is 67.2 Å². The van der Waals surface area contributed by atoms with E-state index in [0.29, 0.717) is 18.4 Å². The quantitative estimate of drug-likeness (QED) is 0.678. The molecule has 2 amide bonds. The number of hydrogen-bond acceptors (Lipinski definition) is 3. The fourth-order valence-electron chi connectivity index (χ4n) is 5.09. The third-order valence-electron chi connectivity index (χ3n) is 6.74. The Balaban J connectivity index is 1.43. The molecular formula is C25H28N4O2. The van der Waals surface area contributed by atoms with Crippen molar-refractivity contribution in [2.45, 2.75) is 57.7 Å². The van der Waals surface area contributed by atoms with Crippen molar-refractivity contribution >= 4 is 28.8 Å². The van der Waals surface area contributed by atoms with E-state index in [9.17, 15) is 9.59 Å². The number of aromatic nitrogens is 2. The molecule has 1 aromatic heterocycles. The summed E-state index contributed by atoms with van der Waals surface area (Å²) in [5, 5.41) is 2.98. The van der Waals surface area contributed by atoms with Crippen LogP contribution >= 0.6 is 0 Å². The second-order valence-electron chi connectivity index (χ2n) is 8.79. The van der Waals surface area contributed by atoms with Crippen LogP contribution in [0, 0.1) is 5.92 Å². The van der Waals surface area contributed by atoms with Gasteiger partial charge in [-0.3, -0.25) is 19.1 Å². The first-order chi connectivity index (χ1) is 15.1. The average molecular weight is 417 g/mol. The van der Waals surface area contributed by atoms with Crippen LogP contribution in [0.2, 0.25) is 0 Å². The molecule has 0 bridgehead atoms. The highest BCUT2D eigenvalue weighted by Crippen LogP contribution is 2.41. The second kappa shape index (κ2) is 8.17. The van der Waals surface area contributed by atoms with Gasteiger partial charge in [-0.2, -0.15) is 0 Å². The first kappa shape index (κ1) is 19.8. The Kier molecular flexibility index (Phi) is 5.22. The molecule has 2 aromatic carbocycles. The van der Waals surface area contributed by atoms with Crippen LogP contribution in [-0.4, -0.2) is 27.4 Å². The highest BCUT2D eigenvalue weighted by atomic mass is 16.2. The van der Waals surface area contributed by atoms with E-state index in [-0.39, 0.29) is 24.3 Å². The second-order valence-corrected chi connectivity index (χ2v) is 8.79. The minimum Gasteiger partial charge on any atom is -0.352 e. The normalized spacial score (nSPS) is 23.2. The molecule has 6 nitrogen and oxygen atoms in total. The van der Waals surface area contributed by atoms with Gasteiger partial charge in [-0.15, -0.1) is 0 Å². The molecule has 5 rings (SSSR count). The lowest BCUT2D eigenvalue weighted by atomic mass is 9.85. The molecule has 3 atom stereocenters. The molecule has 6 heteroatoms. The summed E-state index contributed by atoms with van der Waals surface area (Å²) in [6, 6.07) is 17.3. The number of para-hydroxylation sites is 2. The van der Waals surface area contributed by atoms with Gasteiger partial charge in [0.15, 0.2) is 0 Å². The largest absolute Gasteiger partial charge is 0.352 e. The highest BCUT2D eigenvalue weighted by Gasteiger charge is 2.45. The minimum absolute atomic E-state index is 0.00173. The van der Waals surface area contributed by atoms with Gasteiger partial charge in [0.05, 0.1) is 17.5 Å². The van der Waals surface area contributed by atoms with Crippen LogP contribution in [-0.2, 0) is 16.1 Å². The van der Waals surface area contributed by atoms with E-state index in [1.165, 1.54) is 6.42 Å². The first-order valence-corrected chi connectivity index (χ1v) is 11.2. The summed E-state index contributed by atoms with van der Waals surface area (Å²) in [6.07, 6.45) is 4.57. The zero-order valence-corrected chi connectivity index (χ0v) is 17.8. The van der Waals surface area contributed by atoms with Crippen molar-refractivity contribution in [3.8, 4) is 0 Å². The lowest BCUT2D eigenvalue weighted by Crippen LogP contribution is -2.45. The van der Waals surface area contributed by atoms with Gasteiger partial charge in [0.2, 0.25) is 11.9 Å². The van der Waals surface area contributed by atoms with Gasteiger partial charge >= 0.3 is 0 Å². The molecule has 31 heavy (non-hydrogen) atoms. The van der Waals surface area contributed by atoms with E-state index < -0.39 is 6.04 Å². The van der Waals surface area contributed by atoms with Crippen LogP contribution < -0.4 is 10.2 Å². The van der Waals surface area contributed by atoms with E-state index in [1.807, 2.05) is 64.1 Å². The molecule has 2 heterocycles. The van der Waals surface area contributed by atoms with Crippen molar-refractivity contribution in [3.63, 3.8) is 0 Å². The molecule has 2 aliphatic rings. The molecule has 0 unspecified atom stereocenters. The molecule has 0 saturated heterocycles. The smallest absolute Gasteiger partial charge is 0.253 e. The third kappa shape index (κ3) is 3.60. The number of fused-ring (bicyclic) bond motifs is 3. The standard InChI is InChI=1S/C25H28N4O2/c1-17-9-5-7-13-20(17)29-24(31)22(15-23(30)26-16-18-10-3-2-4-11-18)28-21-14-8-6-12-19(21)27-25(28)29/h2-4,6,8,10-12,14,17,20,22H,5,7,9,13,15-16H2,1H3,(H,26,30)/t17-,20-,22+/m0/s1. The maximum Gasteiger partial charge on any atom is 0.253 e. The molecule has 1 N–H and O–H groups in total. The number of imidazole rings is 1. The molecule has 1 saturated carbocycles. The number of nitrogens with zero attached hydrogens (tertiary/aromatic N) is 3. The van der Waals surface area contributed by atoms with Crippen molar-refractivity contribution in [1.29, 1.82) is 0 Å². The molecule has 1 aliphatic carbocycles. The van der Waals surface area contributed by atoms with Gasteiger partial charge in [-0.1, -0.05) is 62.2 Å². The maximum absolute atomic E-state index is 13.6. The summed E-state index contributed by atoms with van der Waals surface area (Å²) in [7, 11) is 0. The van der Waals surface area contributed by atoms with Crippen LogP contribution in [0.15, 0.2) is 54.6 Å². The molecule has 0 radical (unpaired) electrons. The summed E-state index contributed by atoms with van der Waals surface area (Å²) >= 11 is 0. The van der Waals surface area contributed by atoms with Gasteiger partial charge in [-0.25, -0.2) is 4.98 Å². The summed E-state index contributed by atoms with van der Waals surface area (Å²) < 4.78 is 1.99. The minimum atomic E-state index is -0.549. The van der Waals surface area contributed by atoms with Gasteiger partial charge in [0, 0.05) is 12.6 Å². The predicted molar refractivity (Wildman–Crippen MR) is 121 cm³/mol. The monoisotopic (exact) mass is 416 g/mol. The van der Waals surface area contributed by atoms with E-state index in [1.54, 1.807) is 0 Å². The SMILES string of the molecule is C[C@H]1CCCC[C@@H]1N1C(=O)[C@@H](CC(=O)NCc2ccccc2)n2c1nc1ccccc12. The van der Waals surface area contributed by atoms with E-state index in [0.717, 1.165) is 35.9 Å². The Morgan fingerprint density at radius 2 is 1.81 bits per heavy atom. The molecule has 160 valence electrons. The van der Waals surface area contributed by atoms with Gasteiger partial charge in [-0.05, 0) is 36.5 Å². The number of amides is 2. The summed E-state index contributed by atoms with van der Waals surface area (Å²) in [4.78, 5) is 33.1. The number of hydrogen-bond donors (Lipinski definition) is 1. The Bertz CT molecular complexity index is 1110. The first-order valence-electron chi connectivity index (χ1n) is 11.2. The summed E-state index contributed by atoms with van der Waals surface area (Å²) in [5.41, 5.74) is 2.82. The van der Waals surface area contributed by atoms with Gasteiger partial charge < -0.3 is 5.32 Å². The number of anilines is 1. The number of carbonyl (C=O) groups is 2. The molecule has 1 aliphatic heterocycles. The Hall–Kier alpha value is -3.15. The van der Waals surface area contributed by atoms with Crippen LogP contribution in [0.25, 0.3) is 11.0 Å². The Labute approximate surface area is 182 Å². The lowest BCUT2D eigenvalue weighted by Gasteiger charge is -2.35. The summed E-state index contributed by atoms with van der Waals surface area (Å²) in [5.74, 6) is 1.01. The molecule has 1 fully saturated rings. The van der Waals surface area contributed by atoms with Crippen molar-refractivity contribution in [2.75, 3.05) is 4.90 Å². The van der Waals surface area contributed by atoms with Crippen molar-refractivity contribution < 1.29 is 9.59 Å². The van der Waals surface area contributed by atoms with E-state index in [2.05, 4.69) is 12.2 Å². The number of carbonyl (C=O) groups excluding carboxylic acids is 2. The van der Waals surface area contributed by atoms with Crippen molar-refractivity contribution in [2.24, 2.45) is 5.92 Å². The van der Waals surface area contributed by atoms with Crippen LogP contribution in [0.1, 0.15) is 50.6 Å². The van der Waals surface area contributed by atoms with Crippen LogP contribution in [0.4, 0.5) is 5.95 Å². The molecular weight excluding hydrogens is 388 g/mol. The number of rotatable bonds is 5. The fourth-order valence-corrected chi connectivity index (χ4v) is 5.09. The van der Waals surface area contributed by atoms with Crippen LogP contribution in [0.5, 0.6) is 0 Å². The summed E-state index contributed by atoms with van der Waals surface area (Å²) in [6.45, 7) is 2.69. The maximum atomic E-state index is 13.6. The zero-order valence-electron chi connectivity index (χ0n) is 17.8. The Morgan fingerprint density at radius 1 is 1.06 bits per heavy atom. The average Bonchev–Trinajstić information content (AvgIpc) is 3.28. The lowest BCUT2D eigenvalue weighted by molar-refractivity contribution is -0.127. The molecule has 0 spiro atoms. The van der Waals surface area contributed by atoms with Gasteiger partial charge in [0.25, 0.3) is 5.91 Å². The van der Waals surface area contributed by atoms with Crippen molar-refractivity contribution in [3.05, 3.63) is 60.2 Å². The Morgan fingerprint density at radius 3 is 2.61 bits per heavy atom. The third-order valence-corrected chi connectivity index (χ3v) is 6.74. The number of benzene rings is 2. The molecule has 3 aromatic rings. The van der Waals surface area contributed by atoms with E-state index in [4.69, 9.17) is 4.98 Å². The van der Waals surface area contributed by atoms with E-state index >= 15 is 0 Å². The highest BCUT2D eigenvalue weighted by molar-refractivity contribution is 6.04. The zero-order chi connectivity index (χ0) is 21.4. The predicted octanol–water partition coefficient (Wildman–Crippen LogP) is 4.21. The number of nitrogens with one attached hydrogen (secondary N) is 1. The van der Waals surface area contributed by atoms with Gasteiger partial charge in [0.1, 0.15) is 6.04 Å². The van der Waals surface area contributed by atoms with Crippen molar-refractivity contribution in [1.82, 2.24) is 14.9 Å².